The summed E-state index contributed by atoms with van der Waals surface area (Å²) >= 11 is 1.20. The lowest BCUT2D eigenvalue weighted by Crippen LogP contribution is -2.79. The van der Waals surface area contributed by atoms with Crippen molar-refractivity contribution in [3.8, 4) is 5.75 Å². The number of nitro groups is 1. The Morgan fingerprint density at radius 1 is 1.31 bits per heavy atom. The summed E-state index contributed by atoms with van der Waals surface area (Å²) in [6.45, 7) is 4.39. The molecule has 1 aromatic carbocycles. The van der Waals surface area contributed by atoms with E-state index in [0.29, 0.717) is 11.6 Å². The van der Waals surface area contributed by atoms with E-state index in [-0.39, 0.29) is 19.0 Å². The highest BCUT2D eigenvalue weighted by atomic mass is 32.2. The zero-order valence-corrected chi connectivity index (χ0v) is 22.0. The van der Waals surface area contributed by atoms with Crippen LogP contribution in [-0.4, -0.2) is 78.0 Å². The van der Waals surface area contributed by atoms with Crippen molar-refractivity contribution >= 4 is 41.3 Å². The van der Waals surface area contributed by atoms with Crippen molar-refractivity contribution in [1.82, 2.24) is 19.8 Å². The van der Waals surface area contributed by atoms with Gasteiger partial charge in [-0.25, -0.2) is 19.1 Å². The van der Waals surface area contributed by atoms with Crippen LogP contribution < -0.4 is 10.1 Å². The smallest absolute Gasteiger partial charge is 0.366 e. The molecule has 2 saturated heterocycles. The van der Waals surface area contributed by atoms with Gasteiger partial charge in [-0.1, -0.05) is 18.2 Å². The topological polar surface area (TPSA) is 172 Å². The van der Waals surface area contributed by atoms with Gasteiger partial charge in [0, 0.05) is 17.7 Å². The highest BCUT2D eigenvalue weighted by molar-refractivity contribution is 8.01. The number of amides is 2. The van der Waals surface area contributed by atoms with Gasteiger partial charge in [0.15, 0.2) is 18.0 Å². The van der Waals surface area contributed by atoms with Gasteiger partial charge >= 0.3 is 11.8 Å². The molecule has 0 aliphatic carbocycles. The number of hydrogen-bond acceptors (Lipinski definition) is 11. The normalized spacial score (nSPS) is 22.7. The number of rotatable bonds is 11. The molecule has 1 N–H and O–H groups in total. The van der Waals surface area contributed by atoms with Crippen LogP contribution in [0.5, 0.6) is 5.75 Å². The summed E-state index contributed by atoms with van der Waals surface area (Å²) in [5.41, 5.74) is -1.71. The average Bonchev–Trinajstić information content (AvgIpc) is 3.40. The predicted molar refractivity (Wildman–Crippen MR) is 135 cm³/mol. The molecular weight excluding hydrogens is 534 g/mol. The van der Waals surface area contributed by atoms with E-state index in [9.17, 15) is 29.3 Å². The number of aryl methyl sites for hydroxylation is 1. The van der Waals surface area contributed by atoms with Crippen LogP contribution in [0.25, 0.3) is 0 Å². The molecular formula is C24H25N5O9S. The maximum absolute atomic E-state index is 13.3. The van der Waals surface area contributed by atoms with Gasteiger partial charge in [-0.2, -0.15) is 4.89 Å². The molecule has 0 spiro atoms. The van der Waals surface area contributed by atoms with E-state index in [4.69, 9.17) is 14.5 Å². The first-order chi connectivity index (χ1) is 18.5. The van der Waals surface area contributed by atoms with Crippen LogP contribution >= 0.6 is 11.8 Å². The number of imidazole rings is 1. The zero-order valence-electron chi connectivity index (χ0n) is 21.2. The molecule has 0 saturated carbocycles. The molecule has 2 aliphatic rings. The molecule has 14 nitrogen and oxygen atoms in total. The molecule has 3 heterocycles. The van der Waals surface area contributed by atoms with Gasteiger partial charge < -0.3 is 25.1 Å². The number of thioether (sulfide) groups is 1. The zero-order chi connectivity index (χ0) is 28.4. The van der Waals surface area contributed by atoms with Crippen LogP contribution in [0, 0.1) is 17.0 Å². The summed E-state index contributed by atoms with van der Waals surface area (Å²) in [4.78, 5) is 75.9. The third-order valence-electron chi connectivity index (χ3n) is 6.31. The van der Waals surface area contributed by atoms with Crippen LogP contribution in [0.4, 0.5) is 5.82 Å². The first kappa shape index (κ1) is 27.8. The third kappa shape index (κ3) is 5.24. The van der Waals surface area contributed by atoms with E-state index in [1.807, 2.05) is 0 Å². The number of carbonyl (C=O) groups is 3. The monoisotopic (exact) mass is 559 g/mol. The number of para-hydroxylation sites is 1. The van der Waals surface area contributed by atoms with E-state index < -0.39 is 51.0 Å². The Kier molecular flexibility index (Phi) is 7.77. The molecule has 1 aromatic heterocycles. The standard InChI is InChI=1S/C24H25N5O9S/c1-15-25-13-18(29(34)35)27(15)10-12-37-38-20(32)19-23(2,3)39-22-24(9-11-30,21(33)28(19)22)26-17(31)14-36-16-7-5-4-6-8-16/h4-9,13,19,22H,10,12,14H2,1-3H3,(H,26,31)/t19-,22+,24+/m0/s1. The molecule has 2 amide bonds. The van der Waals surface area contributed by atoms with Crippen LogP contribution in [0.3, 0.4) is 0 Å². The predicted octanol–water partition coefficient (Wildman–Crippen LogP) is 0.959. The Morgan fingerprint density at radius 2 is 2.03 bits per heavy atom. The van der Waals surface area contributed by atoms with E-state index >= 15 is 0 Å². The lowest BCUT2D eigenvalue weighted by molar-refractivity contribution is -0.392. The second-order valence-corrected chi connectivity index (χ2v) is 11.0. The number of nitrogens with zero attached hydrogens (tertiary/aromatic N) is 4. The number of β-lactam (4-membered cyclic amide) rings is 1. The Hall–Kier alpha value is -4.20. The van der Waals surface area contributed by atoms with Gasteiger partial charge in [0.25, 0.3) is 11.8 Å². The van der Waals surface area contributed by atoms with Crippen molar-refractivity contribution in [2.45, 2.75) is 49.0 Å². The maximum atomic E-state index is 13.3. The van der Waals surface area contributed by atoms with E-state index in [1.165, 1.54) is 21.2 Å². The molecule has 15 heteroatoms. The van der Waals surface area contributed by atoms with Gasteiger partial charge in [-0.05, 0) is 30.9 Å². The number of nitrogens with one attached hydrogen (secondary N) is 1. The van der Waals surface area contributed by atoms with Gasteiger partial charge in [0.05, 0.1) is 0 Å². The Labute approximate surface area is 226 Å². The van der Waals surface area contributed by atoms with Crippen molar-refractivity contribution in [2.24, 2.45) is 0 Å². The summed E-state index contributed by atoms with van der Waals surface area (Å²) in [6.07, 6.45) is 2.05. The second-order valence-electron chi connectivity index (χ2n) is 9.27. The highest BCUT2D eigenvalue weighted by Crippen LogP contribution is 2.55. The molecule has 0 bridgehead atoms. The molecule has 4 rings (SSSR count). The largest absolute Gasteiger partial charge is 0.484 e. The number of carbonyl (C=O) groups excluding carboxylic acids is 4. The maximum Gasteiger partial charge on any atom is 0.366 e. The molecule has 206 valence electrons. The first-order valence-corrected chi connectivity index (χ1v) is 12.6. The number of hydrogen-bond donors (Lipinski definition) is 1. The van der Waals surface area contributed by atoms with E-state index in [1.54, 1.807) is 57.0 Å². The molecule has 2 aromatic rings. The van der Waals surface area contributed by atoms with Crippen LogP contribution in [-0.2, 0) is 35.5 Å². The van der Waals surface area contributed by atoms with Crippen molar-refractivity contribution in [3.05, 3.63) is 58.5 Å². The SMILES string of the molecule is Cc1ncc([N+](=O)[O-])n1CCOOC(=O)[C@@H]1N2C(=O)[C@@](C=C=O)(NC(=O)COc3ccccc3)[C@H]2SC1(C)C. The fourth-order valence-electron chi connectivity index (χ4n) is 4.53. The van der Waals surface area contributed by atoms with Gasteiger partial charge in [0.1, 0.15) is 42.5 Å². The Balaban J connectivity index is 1.39. The quantitative estimate of drug-likeness (QED) is 0.104. The number of benzene rings is 1. The highest BCUT2D eigenvalue weighted by Gasteiger charge is 2.72. The van der Waals surface area contributed by atoms with E-state index in [0.717, 1.165) is 12.3 Å². The van der Waals surface area contributed by atoms with Gasteiger partial charge in [-0.15, -0.1) is 11.8 Å². The molecule has 3 atom stereocenters. The van der Waals surface area contributed by atoms with Crippen molar-refractivity contribution in [2.75, 3.05) is 13.2 Å². The van der Waals surface area contributed by atoms with Gasteiger partial charge in [0.2, 0.25) is 0 Å². The first-order valence-electron chi connectivity index (χ1n) is 11.7. The minimum absolute atomic E-state index is 0.00612. The summed E-state index contributed by atoms with van der Waals surface area (Å²) in [5.74, 6) is -0.0152. The molecule has 39 heavy (non-hydrogen) atoms. The average molecular weight is 560 g/mol. The van der Waals surface area contributed by atoms with Crippen molar-refractivity contribution in [3.63, 3.8) is 0 Å². The summed E-state index contributed by atoms with van der Waals surface area (Å²) in [5, 5.41) is 12.9. The van der Waals surface area contributed by atoms with Crippen molar-refractivity contribution in [1.29, 1.82) is 0 Å². The third-order valence-corrected chi connectivity index (χ3v) is 7.97. The fourth-order valence-corrected chi connectivity index (χ4v) is 6.19. The molecule has 2 aliphatic heterocycles. The summed E-state index contributed by atoms with van der Waals surface area (Å²) < 4.78 is 5.84. The van der Waals surface area contributed by atoms with Crippen LogP contribution in [0.2, 0.25) is 0 Å². The number of aromatic nitrogens is 2. The Morgan fingerprint density at radius 3 is 2.69 bits per heavy atom. The summed E-state index contributed by atoms with van der Waals surface area (Å²) in [7, 11) is 0. The van der Waals surface area contributed by atoms with Crippen LogP contribution in [0.1, 0.15) is 19.7 Å². The second kappa shape index (κ2) is 10.9. The molecule has 0 unspecified atom stereocenters. The van der Waals surface area contributed by atoms with E-state index in [2.05, 4.69) is 10.3 Å². The lowest BCUT2D eigenvalue weighted by Gasteiger charge is -2.50. The number of ether oxygens (including phenoxy) is 1. The van der Waals surface area contributed by atoms with Crippen molar-refractivity contribution < 1.29 is 38.6 Å². The minimum atomic E-state index is -1.71. The summed E-state index contributed by atoms with van der Waals surface area (Å²) in [6, 6.07) is 7.48. The Bertz CT molecular complexity index is 1340. The number of fused-ring (bicyclic) bond motifs is 1. The van der Waals surface area contributed by atoms with Gasteiger partial charge in [-0.3, -0.25) is 14.5 Å². The molecule has 0 radical (unpaired) electrons. The minimum Gasteiger partial charge on any atom is -0.484 e. The molecule has 2 fully saturated rings. The van der Waals surface area contributed by atoms with Crippen LogP contribution in [0.15, 0.2) is 42.6 Å². The fraction of sp³-hybridized carbons (Fsp3) is 0.417. The lowest BCUT2D eigenvalue weighted by atomic mass is 9.84.